The zero-order valence-electron chi connectivity index (χ0n) is 8.52. The molecule has 2 aliphatic carbocycles. The monoisotopic (exact) mass is 182 g/mol. The van der Waals surface area contributed by atoms with Crippen LogP contribution in [0.5, 0.6) is 0 Å². The summed E-state index contributed by atoms with van der Waals surface area (Å²) in [5.41, 5.74) is 6.34. The Morgan fingerprint density at radius 3 is 2.31 bits per heavy atom. The minimum atomic E-state index is 0.468. The van der Waals surface area contributed by atoms with E-state index in [1.54, 1.807) is 0 Å². The van der Waals surface area contributed by atoms with Crippen LogP contribution < -0.4 is 11.1 Å². The fourth-order valence-corrected chi connectivity index (χ4v) is 2.55. The molecule has 0 aromatic heterocycles. The molecule has 2 rings (SSSR count). The summed E-state index contributed by atoms with van der Waals surface area (Å²) in [6.45, 7) is 2.06. The fraction of sp³-hybridized carbons (Fsp3) is 1.00. The molecule has 0 heterocycles. The average Bonchev–Trinajstić information content (AvgIpc) is 2.51. The Morgan fingerprint density at radius 1 is 1.15 bits per heavy atom. The Kier molecular flexibility index (Phi) is 2.89. The van der Waals surface area contributed by atoms with Crippen LogP contribution in [0.2, 0.25) is 0 Å². The van der Waals surface area contributed by atoms with E-state index in [1.165, 1.54) is 51.5 Å². The molecule has 13 heavy (non-hydrogen) atoms. The van der Waals surface area contributed by atoms with Crippen molar-refractivity contribution in [3.8, 4) is 0 Å². The molecular formula is C11H22N2. The van der Waals surface area contributed by atoms with Gasteiger partial charge >= 0.3 is 0 Å². The molecular weight excluding hydrogens is 160 g/mol. The van der Waals surface area contributed by atoms with E-state index in [1.807, 2.05) is 0 Å². The minimum Gasteiger partial charge on any atom is -0.330 e. The predicted octanol–water partition coefficient (Wildman–Crippen LogP) is 1.65. The van der Waals surface area contributed by atoms with Crippen molar-refractivity contribution in [2.75, 3.05) is 13.1 Å². The molecule has 0 bridgehead atoms. The molecule has 2 saturated carbocycles. The van der Waals surface area contributed by atoms with Crippen LogP contribution in [0.1, 0.15) is 44.9 Å². The highest BCUT2D eigenvalue weighted by molar-refractivity contribution is 4.89. The van der Waals surface area contributed by atoms with E-state index in [9.17, 15) is 0 Å². The SMILES string of the molecule is NCC1(CNC2CCC2)CCCC1. The van der Waals surface area contributed by atoms with E-state index >= 15 is 0 Å². The van der Waals surface area contributed by atoms with Crippen LogP contribution in [0.25, 0.3) is 0 Å². The van der Waals surface area contributed by atoms with Gasteiger partial charge in [-0.05, 0) is 37.6 Å². The van der Waals surface area contributed by atoms with Gasteiger partial charge in [0.05, 0.1) is 0 Å². The molecule has 2 fully saturated rings. The van der Waals surface area contributed by atoms with Crippen LogP contribution in [-0.4, -0.2) is 19.1 Å². The van der Waals surface area contributed by atoms with Crippen molar-refractivity contribution < 1.29 is 0 Å². The van der Waals surface area contributed by atoms with Crippen molar-refractivity contribution in [1.29, 1.82) is 0 Å². The Morgan fingerprint density at radius 2 is 1.85 bits per heavy atom. The van der Waals surface area contributed by atoms with Crippen LogP contribution in [0.4, 0.5) is 0 Å². The topological polar surface area (TPSA) is 38.0 Å². The molecule has 0 spiro atoms. The molecule has 2 aliphatic rings. The first kappa shape index (κ1) is 9.47. The summed E-state index contributed by atoms with van der Waals surface area (Å²) in [6.07, 6.45) is 9.69. The second kappa shape index (κ2) is 3.97. The van der Waals surface area contributed by atoms with Crippen LogP contribution >= 0.6 is 0 Å². The molecule has 3 N–H and O–H groups in total. The molecule has 0 amide bonds. The normalized spacial score (nSPS) is 27.5. The van der Waals surface area contributed by atoms with Crippen LogP contribution in [0.15, 0.2) is 0 Å². The second-order valence-corrected chi connectivity index (χ2v) is 4.92. The maximum atomic E-state index is 5.87. The summed E-state index contributed by atoms with van der Waals surface area (Å²) in [6, 6.07) is 0.823. The Labute approximate surface area is 81.3 Å². The van der Waals surface area contributed by atoms with E-state index in [0.717, 1.165) is 12.6 Å². The third-order valence-corrected chi connectivity index (χ3v) is 3.97. The standard InChI is InChI=1S/C11H22N2/c12-8-11(6-1-2-7-11)9-13-10-4-3-5-10/h10,13H,1-9,12H2. The number of nitrogens with two attached hydrogens (primary N) is 1. The van der Waals surface area contributed by atoms with Crippen molar-refractivity contribution in [2.24, 2.45) is 11.1 Å². The van der Waals surface area contributed by atoms with Crippen LogP contribution in [0.3, 0.4) is 0 Å². The van der Waals surface area contributed by atoms with Crippen molar-refractivity contribution in [3.05, 3.63) is 0 Å². The van der Waals surface area contributed by atoms with Crippen molar-refractivity contribution >= 4 is 0 Å². The number of rotatable bonds is 4. The Hall–Kier alpha value is -0.0800. The van der Waals surface area contributed by atoms with Crippen molar-refractivity contribution in [2.45, 2.75) is 51.0 Å². The molecule has 0 radical (unpaired) electrons. The van der Waals surface area contributed by atoms with E-state index in [2.05, 4.69) is 5.32 Å². The lowest BCUT2D eigenvalue weighted by Crippen LogP contribution is -2.44. The summed E-state index contributed by atoms with van der Waals surface area (Å²) in [5.74, 6) is 0. The maximum Gasteiger partial charge on any atom is 0.00673 e. The van der Waals surface area contributed by atoms with Gasteiger partial charge in [0.15, 0.2) is 0 Å². The number of nitrogens with one attached hydrogen (secondary N) is 1. The van der Waals surface area contributed by atoms with Gasteiger partial charge in [-0.3, -0.25) is 0 Å². The predicted molar refractivity (Wildman–Crippen MR) is 55.6 cm³/mol. The van der Waals surface area contributed by atoms with Gasteiger partial charge < -0.3 is 11.1 Å². The highest BCUT2D eigenvalue weighted by Crippen LogP contribution is 2.36. The molecule has 0 aromatic carbocycles. The molecule has 0 unspecified atom stereocenters. The second-order valence-electron chi connectivity index (χ2n) is 4.92. The van der Waals surface area contributed by atoms with Gasteiger partial charge in [-0.2, -0.15) is 0 Å². The molecule has 0 saturated heterocycles. The van der Waals surface area contributed by atoms with Crippen LogP contribution in [0, 0.1) is 5.41 Å². The lowest BCUT2D eigenvalue weighted by Gasteiger charge is -2.33. The lowest BCUT2D eigenvalue weighted by atomic mass is 9.84. The lowest BCUT2D eigenvalue weighted by molar-refractivity contribution is 0.242. The van der Waals surface area contributed by atoms with E-state index < -0.39 is 0 Å². The van der Waals surface area contributed by atoms with Gasteiger partial charge in [0.1, 0.15) is 0 Å². The third-order valence-electron chi connectivity index (χ3n) is 3.97. The summed E-state index contributed by atoms with van der Waals surface area (Å²) >= 11 is 0. The molecule has 76 valence electrons. The molecule has 2 nitrogen and oxygen atoms in total. The minimum absolute atomic E-state index is 0.468. The largest absolute Gasteiger partial charge is 0.330 e. The van der Waals surface area contributed by atoms with Crippen molar-refractivity contribution in [3.63, 3.8) is 0 Å². The first-order valence-corrected chi connectivity index (χ1v) is 5.78. The molecule has 0 aromatic rings. The van der Waals surface area contributed by atoms with Crippen LogP contribution in [-0.2, 0) is 0 Å². The maximum absolute atomic E-state index is 5.87. The average molecular weight is 182 g/mol. The van der Waals surface area contributed by atoms with Gasteiger partial charge in [-0.15, -0.1) is 0 Å². The van der Waals surface area contributed by atoms with Gasteiger partial charge in [0.25, 0.3) is 0 Å². The zero-order chi connectivity index (χ0) is 9.15. The molecule has 2 heteroatoms. The first-order chi connectivity index (χ1) is 6.35. The zero-order valence-corrected chi connectivity index (χ0v) is 8.52. The Bertz CT molecular complexity index is 157. The Balaban J connectivity index is 1.75. The summed E-state index contributed by atoms with van der Waals surface area (Å²) in [7, 11) is 0. The van der Waals surface area contributed by atoms with E-state index in [-0.39, 0.29) is 0 Å². The number of hydrogen-bond donors (Lipinski definition) is 2. The first-order valence-electron chi connectivity index (χ1n) is 5.78. The van der Waals surface area contributed by atoms with E-state index in [4.69, 9.17) is 5.73 Å². The van der Waals surface area contributed by atoms with Crippen molar-refractivity contribution in [1.82, 2.24) is 5.32 Å². The van der Waals surface area contributed by atoms with Gasteiger partial charge in [-0.25, -0.2) is 0 Å². The summed E-state index contributed by atoms with van der Waals surface area (Å²) < 4.78 is 0. The highest BCUT2D eigenvalue weighted by Gasteiger charge is 2.33. The fourth-order valence-electron chi connectivity index (χ4n) is 2.55. The summed E-state index contributed by atoms with van der Waals surface area (Å²) in [5, 5.41) is 3.67. The van der Waals surface area contributed by atoms with Gasteiger partial charge in [0, 0.05) is 12.6 Å². The highest BCUT2D eigenvalue weighted by atomic mass is 14.9. The van der Waals surface area contributed by atoms with Gasteiger partial charge in [-0.1, -0.05) is 19.3 Å². The molecule has 0 aliphatic heterocycles. The molecule has 0 atom stereocenters. The smallest absolute Gasteiger partial charge is 0.00673 e. The quantitative estimate of drug-likeness (QED) is 0.694. The van der Waals surface area contributed by atoms with Gasteiger partial charge in [0.2, 0.25) is 0 Å². The number of hydrogen-bond acceptors (Lipinski definition) is 2. The third kappa shape index (κ3) is 2.05. The summed E-state index contributed by atoms with van der Waals surface area (Å²) in [4.78, 5) is 0. The van der Waals surface area contributed by atoms with E-state index in [0.29, 0.717) is 5.41 Å².